The molecule has 2 aromatic carbocycles. The predicted octanol–water partition coefficient (Wildman–Crippen LogP) is 3.53. The first-order valence-corrected chi connectivity index (χ1v) is 11.6. The number of benzene rings is 2. The molecule has 0 spiro atoms. The minimum absolute atomic E-state index is 0.0577. The lowest BCUT2D eigenvalue weighted by atomic mass is 9.98. The van der Waals surface area contributed by atoms with E-state index in [-0.39, 0.29) is 17.9 Å². The van der Waals surface area contributed by atoms with Gasteiger partial charge in [0.1, 0.15) is 11.8 Å². The fraction of sp³-hybridized carbons (Fsp3) is 0.462. The summed E-state index contributed by atoms with van der Waals surface area (Å²) in [5.74, 6) is 0.898. The van der Waals surface area contributed by atoms with Crippen molar-refractivity contribution in [3.05, 3.63) is 65.7 Å². The van der Waals surface area contributed by atoms with Gasteiger partial charge >= 0.3 is 0 Å². The number of nitrogens with one attached hydrogen (secondary N) is 1. The van der Waals surface area contributed by atoms with Crippen molar-refractivity contribution in [2.75, 3.05) is 26.7 Å². The zero-order valence-corrected chi connectivity index (χ0v) is 18.8. The van der Waals surface area contributed by atoms with Gasteiger partial charge in [-0.25, -0.2) is 0 Å². The van der Waals surface area contributed by atoms with Crippen molar-refractivity contribution in [1.82, 2.24) is 15.1 Å². The van der Waals surface area contributed by atoms with E-state index in [1.165, 1.54) is 5.56 Å². The number of ether oxygens (including phenoxy) is 1. The first-order valence-electron chi connectivity index (χ1n) is 11.6. The van der Waals surface area contributed by atoms with Crippen LogP contribution in [0.2, 0.25) is 0 Å². The lowest BCUT2D eigenvalue weighted by molar-refractivity contribution is -0.143. The third kappa shape index (κ3) is 5.49. The van der Waals surface area contributed by atoms with Crippen molar-refractivity contribution < 1.29 is 14.3 Å². The van der Waals surface area contributed by atoms with Crippen molar-refractivity contribution in [2.24, 2.45) is 0 Å². The number of hydrogen-bond acceptors (Lipinski definition) is 4. The summed E-state index contributed by atoms with van der Waals surface area (Å²) in [6, 6.07) is 17.5. The molecule has 2 fully saturated rings. The highest BCUT2D eigenvalue weighted by molar-refractivity contribution is 5.89. The standard InChI is InChI=1S/C26H33N3O3/c1-32-23-11-7-8-20(18-23)19-28-16-13-22(14-17-28)27-26(31)25(21-9-3-2-4-10-21)29-15-6-5-12-24(29)30/h2-4,7-11,18,22,25H,5-6,12-17,19H2,1H3,(H,27,31). The molecule has 2 aromatic rings. The summed E-state index contributed by atoms with van der Waals surface area (Å²) in [6.07, 6.45) is 4.20. The maximum absolute atomic E-state index is 13.4. The number of piperidine rings is 2. The number of carbonyl (C=O) groups excluding carboxylic acids is 2. The molecule has 2 saturated heterocycles. The molecule has 0 bridgehead atoms. The Bertz CT molecular complexity index is 910. The van der Waals surface area contributed by atoms with Gasteiger partial charge in [-0.05, 0) is 48.9 Å². The Labute approximate surface area is 190 Å². The highest BCUT2D eigenvalue weighted by Gasteiger charge is 2.34. The molecule has 170 valence electrons. The van der Waals surface area contributed by atoms with Gasteiger partial charge in [0.2, 0.25) is 11.8 Å². The molecule has 0 saturated carbocycles. The molecule has 2 amide bonds. The van der Waals surface area contributed by atoms with Crippen molar-refractivity contribution >= 4 is 11.8 Å². The molecule has 2 aliphatic rings. The summed E-state index contributed by atoms with van der Waals surface area (Å²) >= 11 is 0. The summed E-state index contributed by atoms with van der Waals surface area (Å²) in [6.45, 7) is 3.39. The molecule has 6 nitrogen and oxygen atoms in total. The minimum atomic E-state index is -0.543. The van der Waals surface area contributed by atoms with Crippen LogP contribution in [0.1, 0.15) is 49.3 Å². The lowest BCUT2D eigenvalue weighted by Crippen LogP contribution is -2.50. The van der Waals surface area contributed by atoms with Crippen LogP contribution in [0.15, 0.2) is 54.6 Å². The van der Waals surface area contributed by atoms with E-state index in [2.05, 4.69) is 22.3 Å². The zero-order chi connectivity index (χ0) is 22.3. The molecule has 0 aromatic heterocycles. The number of carbonyl (C=O) groups is 2. The van der Waals surface area contributed by atoms with E-state index in [0.29, 0.717) is 13.0 Å². The van der Waals surface area contributed by atoms with Crippen LogP contribution in [0.4, 0.5) is 0 Å². The molecular formula is C26H33N3O3. The lowest BCUT2D eigenvalue weighted by Gasteiger charge is -2.37. The van der Waals surface area contributed by atoms with Crippen molar-refractivity contribution in [2.45, 2.75) is 50.7 Å². The predicted molar refractivity (Wildman–Crippen MR) is 124 cm³/mol. The van der Waals surface area contributed by atoms with Gasteiger partial charge in [-0.1, -0.05) is 42.5 Å². The Kier molecular flexibility index (Phi) is 7.43. The first kappa shape index (κ1) is 22.3. The normalized spacial score (nSPS) is 18.9. The second-order valence-corrected chi connectivity index (χ2v) is 8.77. The number of hydrogen-bond donors (Lipinski definition) is 1. The third-order valence-electron chi connectivity index (χ3n) is 6.51. The Balaban J connectivity index is 1.36. The highest BCUT2D eigenvalue weighted by Crippen LogP contribution is 2.26. The fourth-order valence-corrected chi connectivity index (χ4v) is 4.75. The number of nitrogens with zero attached hydrogens (tertiary/aromatic N) is 2. The van der Waals surface area contributed by atoms with Gasteiger partial charge in [0.15, 0.2) is 0 Å². The van der Waals surface area contributed by atoms with Crippen LogP contribution >= 0.6 is 0 Å². The van der Waals surface area contributed by atoms with Crippen LogP contribution in [-0.4, -0.2) is 54.4 Å². The average Bonchev–Trinajstić information content (AvgIpc) is 2.83. The molecule has 0 aliphatic carbocycles. The number of rotatable bonds is 7. The zero-order valence-electron chi connectivity index (χ0n) is 18.8. The SMILES string of the molecule is COc1cccc(CN2CCC(NC(=O)C(c3ccccc3)N3CCCCC3=O)CC2)c1. The fourth-order valence-electron chi connectivity index (χ4n) is 4.75. The van der Waals surface area contributed by atoms with Crippen LogP contribution < -0.4 is 10.1 Å². The van der Waals surface area contributed by atoms with Gasteiger partial charge in [0.25, 0.3) is 0 Å². The summed E-state index contributed by atoms with van der Waals surface area (Å²) in [7, 11) is 1.69. The first-order chi connectivity index (χ1) is 15.6. The Morgan fingerprint density at radius 2 is 1.84 bits per heavy atom. The van der Waals surface area contributed by atoms with Crippen LogP contribution in [0.25, 0.3) is 0 Å². The van der Waals surface area contributed by atoms with Gasteiger partial charge in [0, 0.05) is 38.6 Å². The van der Waals surface area contributed by atoms with Crippen LogP contribution in [0.5, 0.6) is 5.75 Å². The van der Waals surface area contributed by atoms with Crippen molar-refractivity contribution in [3.8, 4) is 5.75 Å². The Morgan fingerprint density at radius 1 is 1.06 bits per heavy atom. The maximum Gasteiger partial charge on any atom is 0.247 e. The molecule has 1 atom stereocenters. The summed E-state index contributed by atoms with van der Waals surface area (Å²) < 4.78 is 5.33. The van der Waals surface area contributed by atoms with Crippen LogP contribution in [-0.2, 0) is 16.1 Å². The topological polar surface area (TPSA) is 61.9 Å². The highest BCUT2D eigenvalue weighted by atomic mass is 16.5. The van der Waals surface area contributed by atoms with Crippen molar-refractivity contribution in [1.29, 1.82) is 0 Å². The molecule has 32 heavy (non-hydrogen) atoms. The molecule has 2 aliphatic heterocycles. The van der Waals surface area contributed by atoms with E-state index < -0.39 is 6.04 Å². The second kappa shape index (κ2) is 10.6. The summed E-state index contributed by atoms with van der Waals surface area (Å²) in [5, 5.41) is 3.26. The van der Waals surface area contributed by atoms with E-state index >= 15 is 0 Å². The molecule has 0 radical (unpaired) electrons. The molecule has 2 heterocycles. The van der Waals surface area contributed by atoms with E-state index in [1.807, 2.05) is 42.5 Å². The maximum atomic E-state index is 13.4. The van der Waals surface area contributed by atoms with E-state index in [0.717, 1.165) is 56.6 Å². The molecule has 1 unspecified atom stereocenters. The van der Waals surface area contributed by atoms with Gasteiger partial charge < -0.3 is 15.0 Å². The Hall–Kier alpha value is -2.86. The summed E-state index contributed by atoms with van der Waals surface area (Å²) in [5.41, 5.74) is 2.12. The number of likely N-dealkylation sites (tertiary alicyclic amines) is 2. The molecule has 1 N–H and O–H groups in total. The van der Waals surface area contributed by atoms with Gasteiger partial charge in [-0.3, -0.25) is 14.5 Å². The minimum Gasteiger partial charge on any atom is -0.497 e. The van der Waals surface area contributed by atoms with Crippen molar-refractivity contribution in [3.63, 3.8) is 0 Å². The molecule has 4 rings (SSSR count). The van der Waals surface area contributed by atoms with Gasteiger partial charge in [0.05, 0.1) is 7.11 Å². The third-order valence-corrected chi connectivity index (χ3v) is 6.51. The molecular weight excluding hydrogens is 402 g/mol. The van der Waals surface area contributed by atoms with E-state index in [1.54, 1.807) is 12.0 Å². The second-order valence-electron chi connectivity index (χ2n) is 8.77. The van der Waals surface area contributed by atoms with Crippen LogP contribution in [0, 0.1) is 0 Å². The number of amides is 2. The smallest absolute Gasteiger partial charge is 0.247 e. The molecule has 6 heteroatoms. The monoisotopic (exact) mass is 435 g/mol. The quantitative estimate of drug-likeness (QED) is 0.723. The Morgan fingerprint density at radius 3 is 2.56 bits per heavy atom. The largest absolute Gasteiger partial charge is 0.497 e. The summed E-state index contributed by atoms with van der Waals surface area (Å²) in [4.78, 5) is 30.2. The van der Waals surface area contributed by atoms with Crippen LogP contribution in [0.3, 0.4) is 0 Å². The van der Waals surface area contributed by atoms with Gasteiger partial charge in [-0.15, -0.1) is 0 Å². The van der Waals surface area contributed by atoms with E-state index in [4.69, 9.17) is 4.74 Å². The number of methoxy groups -OCH3 is 1. The average molecular weight is 436 g/mol. The van der Waals surface area contributed by atoms with E-state index in [9.17, 15) is 9.59 Å². The van der Waals surface area contributed by atoms with Gasteiger partial charge in [-0.2, -0.15) is 0 Å².